The van der Waals surface area contributed by atoms with Gasteiger partial charge in [-0.2, -0.15) is 0 Å². The van der Waals surface area contributed by atoms with Gasteiger partial charge in [0.25, 0.3) is 0 Å². The minimum Gasteiger partial charge on any atom is -0.462 e. The molecule has 0 bridgehead atoms. The molecule has 6 heteroatoms. The summed E-state index contributed by atoms with van der Waals surface area (Å²) in [5.41, 5.74) is 0. The quantitative estimate of drug-likeness (QED) is 0.0262. The largest absolute Gasteiger partial charge is 0.462 e. The number of ether oxygens (including phenoxy) is 3. The third-order valence-electron chi connectivity index (χ3n) is 11.2. The van der Waals surface area contributed by atoms with Gasteiger partial charge in [0.1, 0.15) is 13.2 Å². The summed E-state index contributed by atoms with van der Waals surface area (Å²) >= 11 is 0. The molecule has 0 fully saturated rings. The predicted molar refractivity (Wildman–Crippen MR) is 297 cm³/mol. The van der Waals surface area contributed by atoms with Crippen LogP contribution in [0.1, 0.15) is 226 Å². The molecule has 0 saturated heterocycles. The molecule has 0 rings (SSSR count). The third-order valence-corrected chi connectivity index (χ3v) is 11.2. The molecule has 0 unspecified atom stereocenters. The highest BCUT2D eigenvalue weighted by Crippen LogP contribution is 2.14. The first kappa shape index (κ1) is 64.5. The second kappa shape index (κ2) is 56.1. The molecule has 0 radical (unpaired) electrons. The Labute approximate surface area is 424 Å². The Morgan fingerprint density at radius 1 is 0.304 bits per heavy atom. The number of hydrogen-bond acceptors (Lipinski definition) is 6. The molecule has 0 amide bonds. The average Bonchev–Trinajstić information content (AvgIpc) is 3.35. The number of rotatable bonds is 48. The van der Waals surface area contributed by atoms with Crippen molar-refractivity contribution in [3.05, 3.63) is 134 Å². The van der Waals surface area contributed by atoms with Gasteiger partial charge in [-0.15, -0.1) is 0 Å². The summed E-state index contributed by atoms with van der Waals surface area (Å²) in [6.45, 7) is 6.31. The summed E-state index contributed by atoms with van der Waals surface area (Å²) in [6, 6.07) is 0. The fraction of sp³-hybridized carbons (Fsp3) is 0.603. The van der Waals surface area contributed by atoms with E-state index in [0.717, 1.165) is 116 Å². The molecule has 0 spiro atoms. The van der Waals surface area contributed by atoms with Crippen LogP contribution in [0.3, 0.4) is 0 Å². The molecule has 0 N–H and O–H groups in total. The maximum Gasteiger partial charge on any atom is 0.306 e. The molecule has 388 valence electrons. The number of esters is 3. The lowest BCUT2D eigenvalue weighted by Gasteiger charge is -2.18. The topological polar surface area (TPSA) is 78.9 Å². The lowest BCUT2D eigenvalue weighted by atomic mass is 10.0. The highest BCUT2D eigenvalue weighted by molar-refractivity contribution is 5.71. The van der Waals surface area contributed by atoms with E-state index in [4.69, 9.17) is 14.2 Å². The molecule has 0 aliphatic rings. The number of carbonyl (C=O) groups excluding carboxylic acids is 3. The van der Waals surface area contributed by atoms with Crippen LogP contribution in [0.15, 0.2) is 134 Å². The second-order valence-corrected chi connectivity index (χ2v) is 17.7. The number of hydrogen-bond donors (Lipinski definition) is 0. The van der Waals surface area contributed by atoms with Gasteiger partial charge in [0, 0.05) is 19.3 Å². The van der Waals surface area contributed by atoms with Gasteiger partial charge in [-0.1, -0.05) is 238 Å². The summed E-state index contributed by atoms with van der Waals surface area (Å²) in [7, 11) is 0. The molecule has 0 heterocycles. The predicted octanol–water partition coefficient (Wildman–Crippen LogP) is 18.6. The Balaban J connectivity index is 4.58. The fourth-order valence-corrected chi connectivity index (χ4v) is 7.08. The van der Waals surface area contributed by atoms with Crippen molar-refractivity contribution in [1.82, 2.24) is 0 Å². The number of carbonyl (C=O) groups is 3. The SMILES string of the molecule is CC/C=C\C/C=C\C/C=C\C/C=C\C/C=C\C/C=C\CCC(=O)O[C@H](COC(=O)CCCCC/C=C\C/C=C\C/C=C\C/C=C\C/C=C\CC)COC(=O)CCCCCCCCCCCCCCC. The van der Waals surface area contributed by atoms with E-state index in [2.05, 4.69) is 142 Å². The molecule has 6 nitrogen and oxygen atoms in total. The maximum absolute atomic E-state index is 12.8. The van der Waals surface area contributed by atoms with Gasteiger partial charge in [-0.25, -0.2) is 0 Å². The lowest BCUT2D eigenvalue weighted by Crippen LogP contribution is -2.30. The fourth-order valence-electron chi connectivity index (χ4n) is 7.08. The van der Waals surface area contributed by atoms with Gasteiger partial charge < -0.3 is 14.2 Å². The van der Waals surface area contributed by atoms with Crippen LogP contribution in [0.2, 0.25) is 0 Å². The monoisotopic (exact) mass is 953 g/mol. The van der Waals surface area contributed by atoms with Gasteiger partial charge in [0.15, 0.2) is 6.10 Å². The summed E-state index contributed by atoms with van der Waals surface area (Å²) < 4.78 is 16.7. The zero-order valence-electron chi connectivity index (χ0n) is 44.3. The highest BCUT2D eigenvalue weighted by Gasteiger charge is 2.19. The smallest absolute Gasteiger partial charge is 0.306 e. The van der Waals surface area contributed by atoms with E-state index in [-0.39, 0.29) is 31.6 Å². The molecule has 0 aromatic rings. The van der Waals surface area contributed by atoms with Gasteiger partial charge in [-0.3, -0.25) is 14.4 Å². The van der Waals surface area contributed by atoms with Crippen molar-refractivity contribution in [2.75, 3.05) is 13.2 Å². The van der Waals surface area contributed by atoms with E-state index in [1.54, 1.807) is 0 Å². The number of unbranched alkanes of at least 4 members (excludes halogenated alkanes) is 15. The van der Waals surface area contributed by atoms with Crippen LogP contribution < -0.4 is 0 Å². The first-order valence-electron chi connectivity index (χ1n) is 27.7. The Kier molecular flexibility index (Phi) is 52.5. The molecule has 1 atom stereocenters. The molecular weight excluding hydrogens is 853 g/mol. The first-order chi connectivity index (χ1) is 34.0. The van der Waals surface area contributed by atoms with Gasteiger partial charge in [-0.05, 0) is 103 Å². The van der Waals surface area contributed by atoms with Crippen LogP contribution in [0.25, 0.3) is 0 Å². The first-order valence-corrected chi connectivity index (χ1v) is 27.7. The van der Waals surface area contributed by atoms with E-state index >= 15 is 0 Å². The minimum absolute atomic E-state index is 0.122. The van der Waals surface area contributed by atoms with Crippen molar-refractivity contribution < 1.29 is 28.6 Å². The van der Waals surface area contributed by atoms with Gasteiger partial charge in [0.05, 0.1) is 0 Å². The lowest BCUT2D eigenvalue weighted by molar-refractivity contribution is -0.166. The summed E-state index contributed by atoms with van der Waals surface area (Å²) in [5.74, 6) is -1.05. The minimum atomic E-state index is -0.836. The van der Waals surface area contributed by atoms with Gasteiger partial charge in [0.2, 0.25) is 0 Å². The van der Waals surface area contributed by atoms with Gasteiger partial charge >= 0.3 is 17.9 Å². The van der Waals surface area contributed by atoms with Crippen molar-refractivity contribution >= 4 is 17.9 Å². The Morgan fingerprint density at radius 2 is 0.594 bits per heavy atom. The zero-order chi connectivity index (χ0) is 50.0. The molecule has 0 aromatic heterocycles. The van der Waals surface area contributed by atoms with Crippen LogP contribution in [0, 0.1) is 0 Å². The van der Waals surface area contributed by atoms with Crippen molar-refractivity contribution in [3.8, 4) is 0 Å². The Hall–Kier alpha value is -4.45. The van der Waals surface area contributed by atoms with Crippen LogP contribution in [0.4, 0.5) is 0 Å². The van der Waals surface area contributed by atoms with E-state index in [1.165, 1.54) is 64.2 Å². The average molecular weight is 953 g/mol. The summed E-state index contributed by atoms with van der Waals surface area (Å²) in [5, 5.41) is 0. The van der Waals surface area contributed by atoms with Crippen LogP contribution >= 0.6 is 0 Å². The molecule has 0 saturated carbocycles. The van der Waals surface area contributed by atoms with Crippen molar-refractivity contribution in [3.63, 3.8) is 0 Å². The molecule has 69 heavy (non-hydrogen) atoms. The van der Waals surface area contributed by atoms with E-state index in [0.29, 0.717) is 19.3 Å². The highest BCUT2D eigenvalue weighted by atomic mass is 16.6. The van der Waals surface area contributed by atoms with Crippen LogP contribution in [0.5, 0.6) is 0 Å². The van der Waals surface area contributed by atoms with E-state index < -0.39 is 12.1 Å². The van der Waals surface area contributed by atoms with Crippen molar-refractivity contribution in [1.29, 1.82) is 0 Å². The molecular formula is C63H100O6. The van der Waals surface area contributed by atoms with Crippen molar-refractivity contribution in [2.45, 2.75) is 232 Å². The molecule has 0 aliphatic heterocycles. The van der Waals surface area contributed by atoms with E-state index in [1.807, 2.05) is 12.2 Å². The maximum atomic E-state index is 12.8. The van der Waals surface area contributed by atoms with Crippen LogP contribution in [-0.2, 0) is 28.6 Å². The third kappa shape index (κ3) is 54.4. The number of allylic oxidation sites excluding steroid dienone is 22. The summed E-state index contributed by atoms with van der Waals surface area (Å²) in [4.78, 5) is 38.1. The molecule has 0 aromatic carbocycles. The second-order valence-electron chi connectivity index (χ2n) is 17.7. The zero-order valence-corrected chi connectivity index (χ0v) is 44.3. The Morgan fingerprint density at radius 3 is 0.942 bits per heavy atom. The van der Waals surface area contributed by atoms with E-state index in [9.17, 15) is 14.4 Å². The standard InChI is InChI=1S/C63H100O6/c1-4-7-10-13-16-19-22-25-27-29-31-33-35-38-41-44-47-50-53-56-62(65)68-59-60(58-67-61(64)55-52-49-46-43-40-37-24-21-18-15-12-9-6-3)69-63(66)57-54-51-48-45-42-39-36-34-32-30-28-26-23-20-17-14-11-8-5-2/h7-8,10-11,16-17,19-20,25-28,31-34,38-39,41-42,48,51,60H,4-6,9,12-15,18,21-24,29-30,35-37,40,43-47,49-50,52-59H2,1-3H3/b10-7-,11-8-,19-16-,20-17-,27-25-,28-26-,33-31-,34-32-,41-38-,42-39-,51-48-/t60-/m0/s1. The van der Waals surface area contributed by atoms with Crippen molar-refractivity contribution in [2.24, 2.45) is 0 Å². The summed E-state index contributed by atoms with van der Waals surface area (Å²) in [6.07, 6.45) is 78.8. The van der Waals surface area contributed by atoms with Crippen LogP contribution in [-0.4, -0.2) is 37.2 Å². The normalized spacial score (nSPS) is 13.1. The Bertz CT molecular complexity index is 1510. The molecule has 0 aliphatic carbocycles.